The fourth-order valence-corrected chi connectivity index (χ4v) is 1.90. The average Bonchev–Trinajstić information content (AvgIpc) is 3.24. The summed E-state index contributed by atoms with van der Waals surface area (Å²) in [7, 11) is 0. The summed E-state index contributed by atoms with van der Waals surface area (Å²) < 4.78 is 5.34. The van der Waals surface area contributed by atoms with Crippen molar-refractivity contribution in [1.29, 1.82) is 0 Å². The molecule has 0 saturated carbocycles. The fourth-order valence-electron chi connectivity index (χ4n) is 1.90. The summed E-state index contributed by atoms with van der Waals surface area (Å²) in [5, 5.41) is 16.4. The minimum Gasteiger partial charge on any atom is -0.444 e. The van der Waals surface area contributed by atoms with E-state index in [1.54, 1.807) is 0 Å². The van der Waals surface area contributed by atoms with Gasteiger partial charge < -0.3 is 9.73 Å². The van der Waals surface area contributed by atoms with Crippen LogP contribution in [0.5, 0.6) is 0 Å². The lowest BCUT2D eigenvalue weighted by atomic mass is 10.1. The van der Waals surface area contributed by atoms with E-state index in [1.165, 1.54) is 6.26 Å². The number of aromatic nitrogens is 5. The zero-order valence-electron chi connectivity index (χ0n) is 11.9. The maximum atomic E-state index is 12.1. The highest BCUT2D eigenvalue weighted by Crippen LogP contribution is 2.17. The molecule has 0 aliphatic heterocycles. The van der Waals surface area contributed by atoms with Crippen LogP contribution >= 0.6 is 0 Å². The molecule has 1 atom stereocenters. The molecular formula is C14H14N6O2. The molecule has 1 unspecified atom stereocenters. The van der Waals surface area contributed by atoms with Gasteiger partial charge in [0.1, 0.15) is 6.26 Å². The number of carbonyl (C=O) groups excluding carboxylic acids is 1. The number of tetrazole rings is 1. The molecule has 0 spiro atoms. The molecular weight excluding hydrogens is 284 g/mol. The van der Waals surface area contributed by atoms with Gasteiger partial charge in [-0.25, -0.2) is 4.98 Å². The Labute approximate surface area is 126 Å². The third-order valence-electron chi connectivity index (χ3n) is 3.13. The SMILES string of the molecule is CC(CNC(=O)c1coc(-c2ccccc2)n1)c1nn[nH]n1. The molecule has 112 valence electrons. The van der Waals surface area contributed by atoms with Crippen molar-refractivity contribution in [3.8, 4) is 11.5 Å². The van der Waals surface area contributed by atoms with Crippen LogP contribution in [-0.2, 0) is 0 Å². The van der Waals surface area contributed by atoms with Gasteiger partial charge in [-0.1, -0.05) is 30.3 Å². The molecule has 3 rings (SSSR count). The second-order valence-corrected chi connectivity index (χ2v) is 4.78. The van der Waals surface area contributed by atoms with Crippen molar-refractivity contribution in [3.63, 3.8) is 0 Å². The Hall–Kier alpha value is -3.03. The van der Waals surface area contributed by atoms with Crippen molar-refractivity contribution in [2.75, 3.05) is 6.54 Å². The Morgan fingerprint density at radius 2 is 2.18 bits per heavy atom. The highest BCUT2D eigenvalue weighted by Gasteiger charge is 2.16. The van der Waals surface area contributed by atoms with E-state index in [2.05, 4.69) is 30.9 Å². The summed E-state index contributed by atoms with van der Waals surface area (Å²) in [6.45, 7) is 2.27. The van der Waals surface area contributed by atoms with E-state index in [0.29, 0.717) is 18.3 Å². The molecule has 3 aromatic rings. The van der Waals surface area contributed by atoms with Crippen molar-refractivity contribution >= 4 is 5.91 Å². The van der Waals surface area contributed by atoms with Gasteiger partial charge in [-0.05, 0) is 12.1 Å². The number of carbonyl (C=O) groups is 1. The molecule has 22 heavy (non-hydrogen) atoms. The largest absolute Gasteiger partial charge is 0.444 e. The van der Waals surface area contributed by atoms with Crippen molar-refractivity contribution in [2.45, 2.75) is 12.8 Å². The number of H-pyrrole nitrogens is 1. The smallest absolute Gasteiger partial charge is 0.273 e. The van der Waals surface area contributed by atoms with E-state index in [-0.39, 0.29) is 17.5 Å². The monoisotopic (exact) mass is 298 g/mol. The first-order chi connectivity index (χ1) is 10.7. The van der Waals surface area contributed by atoms with E-state index < -0.39 is 0 Å². The Balaban J connectivity index is 1.62. The topological polar surface area (TPSA) is 110 Å². The minimum absolute atomic E-state index is 0.0526. The molecule has 8 heteroatoms. The third-order valence-corrected chi connectivity index (χ3v) is 3.13. The van der Waals surface area contributed by atoms with E-state index >= 15 is 0 Å². The first-order valence-corrected chi connectivity index (χ1v) is 6.76. The second-order valence-electron chi connectivity index (χ2n) is 4.78. The molecule has 1 aromatic carbocycles. The van der Waals surface area contributed by atoms with Crippen LogP contribution in [0.15, 0.2) is 41.0 Å². The maximum absolute atomic E-state index is 12.1. The average molecular weight is 298 g/mol. The lowest BCUT2D eigenvalue weighted by Crippen LogP contribution is -2.28. The fraction of sp³-hybridized carbons (Fsp3) is 0.214. The summed E-state index contributed by atoms with van der Waals surface area (Å²) in [4.78, 5) is 16.3. The standard InChI is InChI=1S/C14H14N6O2/c1-9(12-17-19-20-18-12)7-15-13(21)11-8-22-14(16-11)10-5-3-2-4-6-10/h2-6,8-9H,7H2,1H3,(H,15,21)(H,17,18,19,20). The summed E-state index contributed by atoms with van der Waals surface area (Å²) in [5.41, 5.74) is 1.06. The van der Waals surface area contributed by atoms with Gasteiger partial charge in [-0.15, -0.1) is 10.2 Å². The van der Waals surface area contributed by atoms with E-state index in [9.17, 15) is 4.79 Å². The quantitative estimate of drug-likeness (QED) is 0.736. The lowest BCUT2D eigenvalue weighted by molar-refractivity contribution is 0.0946. The lowest BCUT2D eigenvalue weighted by Gasteiger charge is -2.07. The van der Waals surface area contributed by atoms with Crippen LogP contribution in [0.2, 0.25) is 0 Å². The van der Waals surface area contributed by atoms with Gasteiger partial charge in [0.05, 0.1) is 0 Å². The van der Waals surface area contributed by atoms with Crippen molar-refractivity contribution < 1.29 is 9.21 Å². The Kier molecular flexibility index (Phi) is 3.90. The minimum atomic E-state index is -0.304. The summed E-state index contributed by atoms with van der Waals surface area (Å²) in [6.07, 6.45) is 1.34. The van der Waals surface area contributed by atoms with E-state index in [1.807, 2.05) is 37.3 Å². The Morgan fingerprint density at radius 1 is 1.36 bits per heavy atom. The Bertz CT molecular complexity index is 738. The van der Waals surface area contributed by atoms with Crippen LogP contribution in [0.3, 0.4) is 0 Å². The molecule has 8 nitrogen and oxygen atoms in total. The highest BCUT2D eigenvalue weighted by molar-refractivity contribution is 5.92. The molecule has 2 N–H and O–H groups in total. The number of nitrogens with one attached hydrogen (secondary N) is 2. The number of rotatable bonds is 5. The number of amides is 1. The van der Waals surface area contributed by atoms with Crippen LogP contribution in [0.4, 0.5) is 0 Å². The predicted octanol–water partition coefficient (Wildman–Crippen LogP) is 1.39. The summed E-state index contributed by atoms with van der Waals surface area (Å²) in [6, 6.07) is 9.40. The van der Waals surface area contributed by atoms with Crippen LogP contribution in [0.1, 0.15) is 29.2 Å². The third kappa shape index (κ3) is 3.00. The number of aromatic amines is 1. The first-order valence-electron chi connectivity index (χ1n) is 6.76. The molecule has 0 fully saturated rings. The summed E-state index contributed by atoms with van der Waals surface area (Å²) >= 11 is 0. The van der Waals surface area contributed by atoms with Crippen molar-refractivity contribution in [1.82, 2.24) is 30.9 Å². The number of oxazole rings is 1. The van der Waals surface area contributed by atoms with Gasteiger partial charge in [0.25, 0.3) is 5.91 Å². The van der Waals surface area contributed by atoms with Gasteiger partial charge in [0, 0.05) is 18.0 Å². The zero-order chi connectivity index (χ0) is 15.4. The molecule has 2 aromatic heterocycles. The van der Waals surface area contributed by atoms with Crippen LogP contribution in [0.25, 0.3) is 11.5 Å². The van der Waals surface area contributed by atoms with Crippen LogP contribution < -0.4 is 5.32 Å². The van der Waals surface area contributed by atoms with Crippen molar-refractivity contribution in [2.24, 2.45) is 0 Å². The van der Waals surface area contributed by atoms with Gasteiger partial charge >= 0.3 is 0 Å². The number of hydrogen-bond donors (Lipinski definition) is 2. The van der Waals surface area contributed by atoms with Gasteiger partial charge in [-0.2, -0.15) is 5.21 Å². The van der Waals surface area contributed by atoms with Gasteiger partial charge in [-0.3, -0.25) is 4.79 Å². The van der Waals surface area contributed by atoms with Gasteiger partial charge in [0.15, 0.2) is 11.5 Å². The molecule has 0 aliphatic carbocycles. The molecule has 0 radical (unpaired) electrons. The van der Waals surface area contributed by atoms with Gasteiger partial charge in [0.2, 0.25) is 5.89 Å². The van der Waals surface area contributed by atoms with E-state index in [0.717, 1.165) is 5.56 Å². The van der Waals surface area contributed by atoms with Crippen molar-refractivity contribution in [3.05, 3.63) is 48.1 Å². The molecule has 2 heterocycles. The molecule has 0 bridgehead atoms. The Morgan fingerprint density at radius 3 is 2.91 bits per heavy atom. The van der Waals surface area contributed by atoms with Crippen LogP contribution in [-0.4, -0.2) is 38.1 Å². The second kappa shape index (κ2) is 6.17. The molecule has 0 aliphatic rings. The number of nitrogens with zero attached hydrogens (tertiary/aromatic N) is 4. The zero-order valence-corrected chi connectivity index (χ0v) is 11.9. The molecule has 1 amide bonds. The normalized spacial score (nSPS) is 12.0. The summed E-state index contributed by atoms with van der Waals surface area (Å²) in [5.74, 6) is 0.604. The number of benzene rings is 1. The predicted molar refractivity (Wildman–Crippen MR) is 76.9 cm³/mol. The molecule has 0 saturated heterocycles. The van der Waals surface area contributed by atoms with E-state index in [4.69, 9.17) is 4.42 Å². The first kappa shape index (κ1) is 13.9. The number of hydrogen-bond acceptors (Lipinski definition) is 6. The van der Waals surface area contributed by atoms with Crippen LogP contribution in [0, 0.1) is 0 Å². The highest BCUT2D eigenvalue weighted by atomic mass is 16.3. The maximum Gasteiger partial charge on any atom is 0.273 e.